The third-order valence-corrected chi connectivity index (χ3v) is 3.33. The molecule has 2 aromatic heterocycles. The van der Waals surface area contributed by atoms with E-state index < -0.39 is 0 Å². The van der Waals surface area contributed by atoms with Gasteiger partial charge in [0.2, 0.25) is 5.91 Å². The highest BCUT2D eigenvalue weighted by molar-refractivity contribution is 5.90. The van der Waals surface area contributed by atoms with Gasteiger partial charge in [0.05, 0.1) is 25.2 Å². The van der Waals surface area contributed by atoms with Crippen LogP contribution in [0.2, 0.25) is 0 Å². The van der Waals surface area contributed by atoms with Crippen LogP contribution in [0.3, 0.4) is 0 Å². The SMILES string of the molecule is COc1ccc(OCc2cn(CC(=O)Nc3cnn(C)c3)nn2)cc1. The number of aryl methyl sites for hydroxylation is 1. The van der Waals surface area contributed by atoms with Crippen molar-refractivity contribution in [2.24, 2.45) is 7.05 Å². The summed E-state index contributed by atoms with van der Waals surface area (Å²) in [5.74, 6) is 1.25. The van der Waals surface area contributed by atoms with E-state index in [1.807, 2.05) is 24.3 Å². The van der Waals surface area contributed by atoms with Crippen LogP contribution in [0.5, 0.6) is 11.5 Å². The fourth-order valence-electron chi connectivity index (χ4n) is 2.14. The van der Waals surface area contributed by atoms with Crippen LogP contribution in [-0.2, 0) is 25.0 Å². The minimum absolute atomic E-state index is 0.0600. The fourth-order valence-corrected chi connectivity index (χ4v) is 2.14. The Morgan fingerprint density at radius 2 is 1.96 bits per heavy atom. The molecule has 130 valence electrons. The average molecular weight is 342 g/mol. The number of hydrogen-bond acceptors (Lipinski definition) is 6. The molecular formula is C16H18N6O3. The predicted octanol–water partition coefficient (Wildman–Crippen LogP) is 1.24. The number of nitrogens with one attached hydrogen (secondary N) is 1. The normalized spacial score (nSPS) is 10.5. The minimum Gasteiger partial charge on any atom is -0.497 e. The second-order valence-corrected chi connectivity index (χ2v) is 5.32. The molecule has 0 unspecified atom stereocenters. The highest BCUT2D eigenvalue weighted by Gasteiger charge is 2.08. The summed E-state index contributed by atoms with van der Waals surface area (Å²) in [5, 5.41) is 14.6. The molecule has 0 radical (unpaired) electrons. The number of hydrogen-bond donors (Lipinski definition) is 1. The molecule has 3 rings (SSSR count). The van der Waals surface area contributed by atoms with Crippen molar-refractivity contribution in [1.82, 2.24) is 24.8 Å². The van der Waals surface area contributed by atoms with Gasteiger partial charge in [-0.05, 0) is 24.3 Å². The summed E-state index contributed by atoms with van der Waals surface area (Å²) in [6, 6.07) is 7.25. The topological polar surface area (TPSA) is 96.1 Å². The van der Waals surface area contributed by atoms with E-state index >= 15 is 0 Å². The molecule has 25 heavy (non-hydrogen) atoms. The Morgan fingerprint density at radius 1 is 1.20 bits per heavy atom. The van der Waals surface area contributed by atoms with Crippen LogP contribution in [-0.4, -0.2) is 37.8 Å². The second kappa shape index (κ2) is 7.47. The number of methoxy groups -OCH3 is 1. The quantitative estimate of drug-likeness (QED) is 0.694. The Labute approximate surface area is 144 Å². The zero-order chi connectivity index (χ0) is 17.6. The van der Waals surface area contributed by atoms with Gasteiger partial charge < -0.3 is 14.8 Å². The molecule has 0 fully saturated rings. The lowest BCUT2D eigenvalue weighted by atomic mass is 10.3. The summed E-state index contributed by atoms with van der Waals surface area (Å²) in [6.45, 7) is 0.320. The molecule has 9 nitrogen and oxygen atoms in total. The molecule has 0 aliphatic heterocycles. The van der Waals surface area contributed by atoms with Crippen molar-refractivity contribution in [3.05, 3.63) is 48.5 Å². The smallest absolute Gasteiger partial charge is 0.246 e. The van der Waals surface area contributed by atoms with Gasteiger partial charge in [0.25, 0.3) is 0 Å². The van der Waals surface area contributed by atoms with Crippen LogP contribution < -0.4 is 14.8 Å². The van der Waals surface area contributed by atoms with Gasteiger partial charge in [-0.15, -0.1) is 5.10 Å². The standard InChI is InChI=1S/C16H18N6O3/c1-21-8-12(7-17-21)18-16(23)10-22-9-13(19-20-22)11-25-15-5-3-14(24-2)4-6-15/h3-9H,10-11H2,1-2H3,(H,18,23). The van der Waals surface area contributed by atoms with Gasteiger partial charge in [-0.2, -0.15) is 5.10 Å². The van der Waals surface area contributed by atoms with E-state index in [1.165, 1.54) is 4.68 Å². The Hall–Kier alpha value is -3.36. The van der Waals surface area contributed by atoms with E-state index in [2.05, 4.69) is 20.7 Å². The third-order valence-electron chi connectivity index (χ3n) is 3.33. The summed E-state index contributed by atoms with van der Waals surface area (Å²) < 4.78 is 13.8. The summed E-state index contributed by atoms with van der Waals surface area (Å²) in [4.78, 5) is 12.0. The molecule has 0 saturated heterocycles. The van der Waals surface area contributed by atoms with Crippen molar-refractivity contribution in [2.75, 3.05) is 12.4 Å². The van der Waals surface area contributed by atoms with Crippen LogP contribution in [0.25, 0.3) is 0 Å². The molecule has 0 aliphatic rings. The Balaban J connectivity index is 1.50. The number of rotatable bonds is 7. The maximum absolute atomic E-state index is 12.0. The fraction of sp³-hybridized carbons (Fsp3) is 0.250. The molecule has 1 aromatic carbocycles. The number of aromatic nitrogens is 5. The lowest BCUT2D eigenvalue weighted by Crippen LogP contribution is -2.18. The molecule has 9 heteroatoms. The molecule has 0 atom stereocenters. The number of ether oxygens (including phenoxy) is 2. The van der Waals surface area contributed by atoms with E-state index in [0.29, 0.717) is 17.1 Å². The van der Waals surface area contributed by atoms with Gasteiger partial charge in [0.15, 0.2) is 0 Å². The van der Waals surface area contributed by atoms with Gasteiger partial charge >= 0.3 is 0 Å². The summed E-state index contributed by atoms with van der Waals surface area (Å²) in [7, 11) is 3.39. The highest BCUT2D eigenvalue weighted by Crippen LogP contribution is 2.17. The van der Waals surface area contributed by atoms with Gasteiger partial charge in [0, 0.05) is 13.2 Å². The molecule has 2 heterocycles. The van der Waals surface area contributed by atoms with E-state index in [9.17, 15) is 4.79 Å². The maximum Gasteiger partial charge on any atom is 0.246 e. The van der Waals surface area contributed by atoms with E-state index in [0.717, 1.165) is 5.75 Å². The molecular weight excluding hydrogens is 324 g/mol. The molecule has 0 spiro atoms. The van der Waals surface area contributed by atoms with Crippen molar-refractivity contribution in [2.45, 2.75) is 13.2 Å². The number of benzene rings is 1. The zero-order valence-electron chi connectivity index (χ0n) is 13.9. The largest absolute Gasteiger partial charge is 0.497 e. The number of carbonyl (C=O) groups excluding carboxylic acids is 1. The van der Waals surface area contributed by atoms with Crippen molar-refractivity contribution in [3.63, 3.8) is 0 Å². The van der Waals surface area contributed by atoms with Crippen molar-refractivity contribution >= 4 is 11.6 Å². The summed E-state index contributed by atoms with van der Waals surface area (Å²) in [6.07, 6.45) is 4.97. The first-order valence-electron chi connectivity index (χ1n) is 7.57. The first kappa shape index (κ1) is 16.5. The lowest BCUT2D eigenvalue weighted by Gasteiger charge is -2.04. The van der Waals surface area contributed by atoms with Crippen LogP contribution in [0, 0.1) is 0 Å². The van der Waals surface area contributed by atoms with Gasteiger partial charge in [-0.3, -0.25) is 9.48 Å². The Bertz CT molecular complexity index is 840. The average Bonchev–Trinajstić information content (AvgIpc) is 3.22. The molecule has 1 amide bonds. The monoisotopic (exact) mass is 342 g/mol. The molecule has 0 bridgehead atoms. The first-order valence-corrected chi connectivity index (χ1v) is 7.57. The highest BCUT2D eigenvalue weighted by atomic mass is 16.5. The second-order valence-electron chi connectivity index (χ2n) is 5.32. The van der Waals surface area contributed by atoms with Crippen molar-refractivity contribution < 1.29 is 14.3 Å². The summed E-state index contributed by atoms with van der Waals surface area (Å²) in [5.41, 5.74) is 1.26. The molecule has 0 saturated carbocycles. The van der Waals surface area contributed by atoms with Crippen molar-refractivity contribution in [3.8, 4) is 11.5 Å². The van der Waals surface area contributed by atoms with Gasteiger partial charge in [0.1, 0.15) is 30.3 Å². The number of nitrogens with zero attached hydrogens (tertiary/aromatic N) is 5. The lowest BCUT2D eigenvalue weighted by molar-refractivity contribution is -0.116. The van der Waals surface area contributed by atoms with Crippen LogP contribution in [0.1, 0.15) is 5.69 Å². The maximum atomic E-state index is 12.0. The molecule has 3 aromatic rings. The molecule has 1 N–H and O–H groups in total. The van der Waals surface area contributed by atoms with Crippen LogP contribution >= 0.6 is 0 Å². The van der Waals surface area contributed by atoms with Gasteiger partial charge in [-0.25, -0.2) is 4.68 Å². The predicted molar refractivity (Wildman–Crippen MR) is 89.2 cm³/mol. The third kappa shape index (κ3) is 4.56. The van der Waals surface area contributed by atoms with Crippen LogP contribution in [0.4, 0.5) is 5.69 Å². The van der Waals surface area contributed by atoms with Crippen LogP contribution in [0.15, 0.2) is 42.9 Å². The number of anilines is 1. The number of amides is 1. The van der Waals surface area contributed by atoms with E-state index in [1.54, 1.807) is 37.4 Å². The van der Waals surface area contributed by atoms with Gasteiger partial charge in [-0.1, -0.05) is 5.21 Å². The zero-order valence-corrected chi connectivity index (χ0v) is 13.9. The molecule has 0 aliphatic carbocycles. The Morgan fingerprint density at radius 3 is 2.64 bits per heavy atom. The van der Waals surface area contributed by atoms with E-state index in [4.69, 9.17) is 9.47 Å². The Kier molecular flexibility index (Phi) is 4.93. The minimum atomic E-state index is -0.208. The van der Waals surface area contributed by atoms with Crippen molar-refractivity contribution in [1.29, 1.82) is 0 Å². The number of carbonyl (C=O) groups is 1. The van der Waals surface area contributed by atoms with E-state index in [-0.39, 0.29) is 19.1 Å². The first-order chi connectivity index (χ1) is 12.1. The summed E-state index contributed by atoms with van der Waals surface area (Å²) >= 11 is 0.